The number of aromatic nitrogens is 1. The fraction of sp³-hybridized carbons (Fsp3) is 0.176. The number of benzene rings is 2. The van der Waals surface area contributed by atoms with Crippen molar-refractivity contribution in [1.82, 2.24) is 4.98 Å². The van der Waals surface area contributed by atoms with Crippen molar-refractivity contribution in [2.75, 3.05) is 6.26 Å². The summed E-state index contributed by atoms with van der Waals surface area (Å²) in [5.41, 5.74) is 0.577. The summed E-state index contributed by atoms with van der Waals surface area (Å²) < 4.78 is 66.9. The van der Waals surface area contributed by atoms with Crippen LogP contribution in [0.5, 0.6) is 0 Å². The molecule has 0 saturated carbocycles. The van der Waals surface area contributed by atoms with Gasteiger partial charge in [-0.15, -0.1) is 0 Å². The number of halogens is 4. The van der Waals surface area contributed by atoms with Crippen LogP contribution in [-0.4, -0.2) is 19.7 Å². The van der Waals surface area contributed by atoms with Gasteiger partial charge in [0.1, 0.15) is 6.10 Å². The molecule has 1 atom stereocenters. The molecule has 1 heterocycles. The molecule has 1 unspecified atom stereocenters. The first kappa shape index (κ1) is 18.8. The highest BCUT2D eigenvalue weighted by Gasteiger charge is 2.31. The van der Waals surface area contributed by atoms with Gasteiger partial charge in [0.05, 0.1) is 11.8 Å². The van der Waals surface area contributed by atoms with Crippen LogP contribution in [0.3, 0.4) is 0 Å². The quantitative estimate of drug-likeness (QED) is 0.630. The largest absolute Gasteiger partial charge is 0.416 e. The molecule has 0 radical (unpaired) electrons. The fourth-order valence-corrected chi connectivity index (χ4v) is 3.38. The molecule has 0 fully saturated rings. The van der Waals surface area contributed by atoms with Gasteiger partial charge in [-0.1, -0.05) is 29.8 Å². The van der Waals surface area contributed by atoms with Crippen molar-refractivity contribution in [1.29, 1.82) is 0 Å². The third-order valence-electron chi connectivity index (χ3n) is 3.77. The van der Waals surface area contributed by atoms with Crippen molar-refractivity contribution in [3.63, 3.8) is 0 Å². The van der Waals surface area contributed by atoms with Gasteiger partial charge in [-0.05, 0) is 29.8 Å². The van der Waals surface area contributed by atoms with Crippen molar-refractivity contribution in [3.8, 4) is 0 Å². The summed E-state index contributed by atoms with van der Waals surface area (Å²) in [6.07, 6.45) is -3.14. The third-order valence-corrected chi connectivity index (χ3v) is 4.55. The third kappa shape index (κ3) is 4.03. The molecule has 3 aromatic rings. The lowest BCUT2D eigenvalue weighted by atomic mass is 10.00. The molecule has 0 saturated heterocycles. The van der Waals surface area contributed by atoms with Gasteiger partial charge in [0, 0.05) is 27.7 Å². The summed E-state index contributed by atoms with van der Waals surface area (Å²) in [5, 5.41) is 1.14. The highest BCUT2D eigenvalue weighted by atomic mass is 35.5. The van der Waals surface area contributed by atoms with Crippen molar-refractivity contribution < 1.29 is 25.8 Å². The molecule has 2 aromatic carbocycles. The first-order valence-corrected chi connectivity index (χ1v) is 9.56. The van der Waals surface area contributed by atoms with Gasteiger partial charge in [-0.25, -0.2) is 0 Å². The molecule has 1 aromatic heterocycles. The van der Waals surface area contributed by atoms with Crippen molar-refractivity contribution in [2.24, 2.45) is 0 Å². The zero-order chi connectivity index (χ0) is 19.1. The van der Waals surface area contributed by atoms with Gasteiger partial charge in [0.2, 0.25) is 0 Å². The Bertz CT molecular complexity index is 1040. The van der Waals surface area contributed by atoms with E-state index in [0.717, 1.165) is 18.4 Å². The number of H-pyrrole nitrogens is 1. The Morgan fingerprint density at radius 3 is 2.35 bits per heavy atom. The lowest BCUT2D eigenvalue weighted by Crippen LogP contribution is -2.12. The van der Waals surface area contributed by atoms with Crippen molar-refractivity contribution >= 4 is 32.6 Å². The van der Waals surface area contributed by atoms with E-state index in [1.54, 1.807) is 24.4 Å². The Hall–Kier alpha value is -2.03. The summed E-state index contributed by atoms with van der Waals surface area (Å²) in [7, 11) is -3.88. The zero-order valence-corrected chi connectivity index (χ0v) is 14.9. The Labute approximate surface area is 152 Å². The van der Waals surface area contributed by atoms with Crippen LogP contribution < -0.4 is 0 Å². The number of fused-ring (bicyclic) bond motifs is 1. The maximum atomic E-state index is 12.8. The van der Waals surface area contributed by atoms with E-state index in [1.165, 1.54) is 12.1 Å². The minimum atomic E-state index is -4.48. The molecule has 26 heavy (non-hydrogen) atoms. The molecular weight excluding hydrogens is 391 g/mol. The number of hydrogen-bond donors (Lipinski definition) is 1. The average Bonchev–Trinajstić information content (AvgIpc) is 2.94. The molecule has 1 N–H and O–H groups in total. The number of hydrogen-bond acceptors (Lipinski definition) is 3. The van der Waals surface area contributed by atoms with Crippen molar-refractivity contribution in [2.45, 2.75) is 12.3 Å². The van der Waals surface area contributed by atoms with Gasteiger partial charge >= 0.3 is 6.18 Å². The normalized spacial score (nSPS) is 13.9. The van der Waals surface area contributed by atoms with E-state index >= 15 is 0 Å². The molecule has 0 amide bonds. The predicted octanol–water partition coefficient (Wildman–Crippen LogP) is 4.91. The Kier molecular flexibility index (Phi) is 4.76. The second-order valence-corrected chi connectivity index (χ2v) is 7.77. The summed E-state index contributed by atoms with van der Waals surface area (Å²) in [6.45, 7) is 0. The van der Waals surface area contributed by atoms with Crippen LogP contribution in [0.4, 0.5) is 13.2 Å². The highest BCUT2D eigenvalue weighted by molar-refractivity contribution is 7.86. The Morgan fingerprint density at radius 2 is 1.77 bits per heavy atom. The molecule has 138 valence electrons. The Morgan fingerprint density at radius 1 is 1.12 bits per heavy atom. The summed E-state index contributed by atoms with van der Waals surface area (Å²) in [5.74, 6) is 0. The molecule has 0 bridgehead atoms. The summed E-state index contributed by atoms with van der Waals surface area (Å²) in [6, 6.07) is 9.16. The number of alkyl halides is 3. The zero-order valence-electron chi connectivity index (χ0n) is 13.3. The van der Waals surface area contributed by atoms with E-state index < -0.39 is 28.0 Å². The monoisotopic (exact) mass is 403 g/mol. The van der Waals surface area contributed by atoms with Crippen LogP contribution in [0.25, 0.3) is 10.9 Å². The predicted molar refractivity (Wildman–Crippen MR) is 92.5 cm³/mol. The van der Waals surface area contributed by atoms with Crippen LogP contribution in [0.1, 0.15) is 22.8 Å². The van der Waals surface area contributed by atoms with E-state index in [9.17, 15) is 21.6 Å². The molecule has 0 aliphatic rings. The highest BCUT2D eigenvalue weighted by Crippen LogP contribution is 2.36. The maximum absolute atomic E-state index is 12.8. The van der Waals surface area contributed by atoms with Crippen LogP contribution in [0.15, 0.2) is 48.7 Å². The molecule has 9 heteroatoms. The van der Waals surface area contributed by atoms with Gasteiger partial charge in [0.25, 0.3) is 10.1 Å². The standard InChI is InChI=1S/C17H13ClF3NO3S/c1-26(23,24)25-16(10-2-4-11(5-3-10)17(19,20)21)14-9-22-15-8-12(18)6-7-13(14)15/h2-9,16,22H,1H3. The van der Waals surface area contributed by atoms with E-state index in [2.05, 4.69) is 4.98 Å². The van der Waals surface area contributed by atoms with Gasteiger partial charge < -0.3 is 4.98 Å². The van der Waals surface area contributed by atoms with E-state index in [-0.39, 0.29) is 5.56 Å². The van der Waals surface area contributed by atoms with Crippen molar-refractivity contribution in [3.05, 3.63) is 70.4 Å². The van der Waals surface area contributed by atoms with Crippen LogP contribution in [-0.2, 0) is 20.5 Å². The lowest BCUT2D eigenvalue weighted by Gasteiger charge is -2.17. The molecule has 0 spiro atoms. The minimum Gasteiger partial charge on any atom is -0.361 e. The second-order valence-electron chi connectivity index (χ2n) is 5.73. The second kappa shape index (κ2) is 6.61. The smallest absolute Gasteiger partial charge is 0.361 e. The van der Waals surface area contributed by atoms with E-state index in [0.29, 0.717) is 21.5 Å². The van der Waals surface area contributed by atoms with Crippen LogP contribution >= 0.6 is 11.6 Å². The molecule has 4 nitrogen and oxygen atoms in total. The fourth-order valence-electron chi connectivity index (χ4n) is 2.65. The first-order valence-electron chi connectivity index (χ1n) is 7.36. The van der Waals surface area contributed by atoms with Gasteiger partial charge in [0.15, 0.2) is 0 Å². The topological polar surface area (TPSA) is 59.2 Å². The average molecular weight is 404 g/mol. The molecular formula is C17H13ClF3NO3S. The maximum Gasteiger partial charge on any atom is 0.416 e. The van der Waals surface area contributed by atoms with Crippen LogP contribution in [0.2, 0.25) is 5.02 Å². The SMILES string of the molecule is CS(=O)(=O)OC(c1ccc(C(F)(F)F)cc1)c1c[nH]c2cc(Cl)ccc12. The van der Waals surface area contributed by atoms with E-state index in [1.807, 2.05) is 0 Å². The van der Waals surface area contributed by atoms with Crippen LogP contribution in [0, 0.1) is 0 Å². The molecule has 0 aliphatic heterocycles. The van der Waals surface area contributed by atoms with Gasteiger partial charge in [-0.3, -0.25) is 4.18 Å². The minimum absolute atomic E-state index is 0.277. The Balaban J connectivity index is 2.11. The van der Waals surface area contributed by atoms with E-state index in [4.69, 9.17) is 15.8 Å². The van der Waals surface area contributed by atoms with Gasteiger partial charge in [-0.2, -0.15) is 21.6 Å². The summed E-state index contributed by atoms with van der Waals surface area (Å²) >= 11 is 5.94. The molecule has 0 aliphatic carbocycles. The first-order chi connectivity index (χ1) is 12.0. The number of rotatable bonds is 4. The molecule has 3 rings (SSSR count). The number of aromatic amines is 1. The lowest BCUT2D eigenvalue weighted by molar-refractivity contribution is -0.137. The number of nitrogens with one attached hydrogen (secondary N) is 1. The summed E-state index contributed by atoms with van der Waals surface area (Å²) in [4.78, 5) is 2.96.